The molecule has 2 aromatic carbocycles. The van der Waals surface area contributed by atoms with Crippen molar-refractivity contribution in [3.8, 4) is 11.4 Å². The van der Waals surface area contributed by atoms with E-state index >= 15 is 0 Å². The number of aromatic nitrogens is 5. The Bertz CT molecular complexity index is 2000. The summed E-state index contributed by atoms with van der Waals surface area (Å²) < 4.78 is 260. The fourth-order valence-electron chi connectivity index (χ4n) is 4.51. The molecule has 0 saturated heterocycles. The third-order valence-corrected chi connectivity index (χ3v) is 7.40. The van der Waals surface area contributed by atoms with Crippen LogP contribution < -0.4 is 5.56 Å². The molecule has 0 unspecified atom stereocenters. The number of rotatable bonds is 12. The van der Waals surface area contributed by atoms with Gasteiger partial charge in [-0.05, 0) is 24.3 Å². The van der Waals surface area contributed by atoms with E-state index < -0.39 is 101 Å². The minimum absolute atomic E-state index is 0.0745. The summed E-state index contributed by atoms with van der Waals surface area (Å²) in [5.74, 6) is -60.5. The van der Waals surface area contributed by atoms with Crippen LogP contribution in [0.1, 0.15) is 12.1 Å². The first-order chi connectivity index (χ1) is 23.5. The predicted molar refractivity (Wildman–Crippen MR) is 136 cm³/mol. The van der Waals surface area contributed by atoms with Gasteiger partial charge < -0.3 is 0 Å². The van der Waals surface area contributed by atoms with E-state index in [4.69, 9.17) is 0 Å². The average Bonchev–Trinajstić information content (AvgIpc) is 3.48. The van der Waals surface area contributed by atoms with Crippen LogP contribution in [0.2, 0.25) is 0 Å². The van der Waals surface area contributed by atoms with E-state index in [9.17, 15) is 88.2 Å². The van der Waals surface area contributed by atoms with Crippen LogP contribution >= 0.6 is 0 Å². The van der Waals surface area contributed by atoms with E-state index in [0.29, 0.717) is 10.8 Å². The zero-order valence-corrected chi connectivity index (χ0v) is 24.6. The summed E-state index contributed by atoms with van der Waals surface area (Å²) in [6, 6.07) is 7.76. The summed E-state index contributed by atoms with van der Waals surface area (Å²) in [4.78, 5) is 17.3. The highest BCUT2D eigenvalue weighted by atomic mass is 19.4. The Morgan fingerprint density at radius 2 is 1.12 bits per heavy atom. The largest absolute Gasteiger partial charge is 0.460 e. The lowest BCUT2D eigenvalue weighted by molar-refractivity contribution is -0.461. The van der Waals surface area contributed by atoms with Crippen LogP contribution in [0.5, 0.6) is 0 Å². The Kier molecular flexibility index (Phi) is 9.67. The standard InChI is InChI=1S/C27H14F19N5O/c28-14-5-3-6-15(29)17(14)18-47-16-7-2-1-4-13(16)19(52)51(18)11-12-10-50(49-48-12)9-8-20(30,31)21(32,33)22(34,35)23(36,37)24(38,39)25(40,41)26(42,43)27(44,45)46/h1-7,10H,8-9,11H2. The molecular weight excluding hydrogens is 771 g/mol. The molecule has 0 fully saturated rings. The van der Waals surface area contributed by atoms with Crippen molar-refractivity contribution < 1.29 is 83.4 Å². The number of halogens is 19. The van der Waals surface area contributed by atoms with E-state index in [1.807, 2.05) is 0 Å². The smallest absolute Gasteiger partial charge is 0.286 e. The lowest BCUT2D eigenvalue weighted by Crippen LogP contribution is -2.74. The molecule has 52 heavy (non-hydrogen) atoms. The summed E-state index contributed by atoms with van der Waals surface area (Å²) in [6.07, 6.45) is -10.2. The highest BCUT2D eigenvalue weighted by Gasteiger charge is 2.95. The summed E-state index contributed by atoms with van der Waals surface area (Å²) in [5.41, 5.74) is -2.48. The zero-order valence-electron chi connectivity index (χ0n) is 24.6. The van der Waals surface area contributed by atoms with Crippen LogP contribution in [-0.2, 0) is 13.1 Å². The van der Waals surface area contributed by atoms with Crippen molar-refractivity contribution in [2.75, 3.05) is 0 Å². The molecule has 4 aromatic rings. The normalized spacial score (nSPS) is 14.4. The van der Waals surface area contributed by atoms with Crippen LogP contribution in [0.15, 0.2) is 53.5 Å². The first-order valence-electron chi connectivity index (χ1n) is 13.5. The van der Waals surface area contributed by atoms with Gasteiger partial charge in [-0.2, -0.15) is 74.6 Å². The van der Waals surface area contributed by atoms with Crippen molar-refractivity contribution in [2.24, 2.45) is 0 Å². The third kappa shape index (κ3) is 5.97. The summed E-state index contributed by atoms with van der Waals surface area (Å²) in [5, 5.41) is 6.32. The Labute approximate surface area is 274 Å². The Morgan fingerprint density at radius 1 is 0.615 bits per heavy atom. The van der Waals surface area contributed by atoms with Gasteiger partial charge in [0, 0.05) is 13.0 Å². The lowest BCUT2D eigenvalue weighted by atomic mass is 9.88. The molecule has 0 atom stereocenters. The number of alkyl halides is 17. The van der Waals surface area contributed by atoms with Crippen molar-refractivity contribution in [1.82, 2.24) is 24.5 Å². The fraction of sp³-hybridized carbons (Fsp3) is 0.407. The Balaban J connectivity index is 1.64. The molecule has 0 aliphatic rings. The molecule has 0 aliphatic heterocycles. The number of fused-ring (bicyclic) bond motifs is 1. The molecule has 0 aliphatic carbocycles. The number of aryl methyl sites for hydroxylation is 1. The molecule has 25 heteroatoms. The van der Waals surface area contributed by atoms with Crippen LogP contribution in [0.4, 0.5) is 83.4 Å². The average molecular weight is 785 g/mol. The van der Waals surface area contributed by atoms with Crippen molar-refractivity contribution in [3.05, 3.63) is 76.3 Å². The molecule has 0 spiro atoms. The van der Waals surface area contributed by atoms with Crippen LogP contribution in [0.25, 0.3) is 22.3 Å². The lowest BCUT2D eigenvalue weighted by Gasteiger charge is -2.42. The van der Waals surface area contributed by atoms with E-state index in [1.54, 1.807) is 0 Å². The van der Waals surface area contributed by atoms with Gasteiger partial charge in [-0.15, -0.1) is 5.10 Å². The minimum atomic E-state index is -8.75. The topological polar surface area (TPSA) is 65.6 Å². The van der Waals surface area contributed by atoms with Gasteiger partial charge >= 0.3 is 47.6 Å². The second-order valence-corrected chi connectivity index (χ2v) is 10.8. The highest BCUT2D eigenvalue weighted by molar-refractivity contribution is 5.79. The van der Waals surface area contributed by atoms with Crippen LogP contribution in [0.3, 0.4) is 0 Å². The molecule has 286 valence electrons. The van der Waals surface area contributed by atoms with Gasteiger partial charge in [0.15, 0.2) is 0 Å². The van der Waals surface area contributed by atoms with Gasteiger partial charge in [0.2, 0.25) is 0 Å². The van der Waals surface area contributed by atoms with E-state index in [2.05, 4.69) is 15.3 Å². The molecule has 4 rings (SSSR count). The molecule has 0 saturated carbocycles. The van der Waals surface area contributed by atoms with Crippen molar-refractivity contribution in [2.45, 2.75) is 67.1 Å². The third-order valence-electron chi connectivity index (χ3n) is 7.40. The second-order valence-electron chi connectivity index (χ2n) is 10.8. The summed E-state index contributed by atoms with van der Waals surface area (Å²) in [7, 11) is 0. The summed E-state index contributed by atoms with van der Waals surface area (Å²) >= 11 is 0. The maximum absolute atomic E-state index is 14.7. The quantitative estimate of drug-likeness (QED) is 0.136. The molecule has 2 heterocycles. The molecule has 2 aromatic heterocycles. The van der Waals surface area contributed by atoms with Gasteiger partial charge in [-0.1, -0.05) is 23.4 Å². The molecule has 0 radical (unpaired) electrons. The first kappa shape index (κ1) is 40.2. The molecule has 0 N–H and O–H groups in total. The van der Waals surface area contributed by atoms with E-state index in [1.165, 1.54) is 24.3 Å². The molecule has 0 bridgehead atoms. The zero-order chi connectivity index (χ0) is 39.7. The Morgan fingerprint density at radius 3 is 1.65 bits per heavy atom. The minimum Gasteiger partial charge on any atom is -0.286 e. The predicted octanol–water partition coefficient (Wildman–Crippen LogP) is 8.38. The molecular formula is C27H14F19N5O. The van der Waals surface area contributed by atoms with Crippen molar-refractivity contribution in [3.63, 3.8) is 0 Å². The van der Waals surface area contributed by atoms with Crippen molar-refractivity contribution >= 4 is 10.9 Å². The van der Waals surface area contributed by atoms with Crippen LogP contribution in [-0.4, -0.2) is 72.2 Å². The number of hydrogen-bond donors (Lipinski definition) is 0. The molecule has 6 nitrogen and oxygen atoms in total. The first-order valence-corrected chi connectivity index (χ1v) is 13.5. The van der Waals surface area contributed by atoms with Gasteiger partial charge in [0.1, 0.15) is 23.2 Å². The Hall–Kier alpha value is -4.61. The molecule has 0 amide bonds. The number of nitrogens with zero attached hydrogens (tertiary/aromatic N) is 5. The van der Waals surface area contributed by atoms with Gasteiger partial charge in [-0.3, -0.25) is 14.0 Å². The highest BCUT2D eigenvalue weighted by Crippen LogP contribution is 2.64. The SMILES string of the molecule is O=c1c2ccccc2nc(-c2c(F)cccc2F)n1Cc1cn(CCC(F)(F)C(F)(F)C(F)(F)C(F)(F)C(F)(F)C(F)(F)C(F)(F)C(F)(F)F)nn1. The van der Waals surface area contributed by atoms with E-state index in [-0.39, 0.29) is 15.6 Å². The maximum Gasteiger partial charge on any atom is 0.460 e. The van der Waals surface area contributed by atoms with Gasteiger partial charge in [0.25, 0.3) is 5.56 Å². The monoisotopic (exact) mass is 785 g/mol. The van der Waals surface area contributed by atoms with Gasteiger partial charge in [0.05, 0.1) is 29.2 Å². The fourth-order valence-corrected chi connectivity index (χ4v) is 4.51. The van der Waals surface area contributed by atoms with E-state index in [0.717, 1.165) is 18.2 Å². The number of hydrogen-bond acceptors (Lipinski definition) is 4. The van der Waals surface area contributed by atoms with Crippen LogP contribution in [0, 0.1) is 11.6 Å². The number of para-hydroxylation sites is 1. The summed E-state index contributed by atoms with van der Waals surface area (Å²) in [6.45, 7) is -2.68. The maximum atomic E-state index is 14.7. The van der Waals surface area contributed by atoms with Gasteiger partial charge in [-0.25, -0.2) is 13.8 Å². The van der Waals surface area contributed by atoms with Crippen molar-refractivity contribution in [1.29, 1.82) is 0 Å². The number of benzene rings is 2. The second kappa shape index (κ2) is 12.5.